The molecule has 1 N–H and O–H groups in total. The molecular formula is C22H18BrClN4O4S2. The number of thiophene rings is 1. The summed E-state index contributed by atoms with van der Waals surface area (Å²) in [6, 6.07) is 9.62. The molecule has 0 aliphatic carbocycles. The first-order chi connectivity index (χ1) is 16.1. The van der Waals surface area contributed by atoms with Gasteiger partial charge in [0.15, 0.2) is 15.6 Å². The van der Waals surface area contributed by atoms with E-state index in [1.807, 2.05) is 0 Å². The lowest BCUT2D eigenvalue weighted by atomic mass is 10.1. The minimum absolute atomic E-state index is 0.0615. The maximum atomic E-state index is 13.2. The molecule has 0 radical (unpaired) electrons. The summed E-state index contributed by atoms with van der Waals surface area (Å²) in [6.45, 7) is 1.71. The number of carbonyl (C=O) groups excluding carboxylic acids is 1. The molecule has 0 amide bonds. The van der Waals surface area contributed by atoms with E-state index < -0.39 is 21.4 Å². The Hall–Kier alpha value is -2.60. The predicted molar refractivity (Wildman–Crippen MR) is 137 cm³/mol. The standard InChI is InChI=1S/C22H18BrClN4O4S2/c1-12-27-17-9-18(25-2)16(23)8-15(17)22(30)28(12)20-5-3-13(10-26-20)7-14(29)11-34(31,32)21-6-4-19(24)33-21/h3-6,8-10,25H,7,11H2,1-2H3. The molecule has 34 heavy (non-hydrogen) atoms. The van der Waals surface area contributed by atoms with Crippen molar-refractivity contribution in [3.8, 4) is 5.82 Å². The minimum atomic E-state index is -3.75. The molecule has 0 saturated heterocycles. The van der Waals surface area contributed by atoms with Gasteiger partial charge < -0.3 is 5.32 Å². The van der Waals surface area contributed by atoms with E-state index >= 15 is 0 Å². The van der Waals surface area contributed by atoms with E-state index in [0.717, 1.165) is 21.5 Å². The van der Waals surface area contributed by atoms with Crippen LogP contribution in [0.4, 0.5) is 5.69 Å². The summed E-state index contributed by atoms with van der Waals surface area (Å²) in [7, 11) is -1.97. The number of aromatic nitrogens is 3. The zero-order valence-electron chi connectivity index (χ0n) is 18.0. The van der Waals surface area contributed by atoms with E-state index in [1.165, 1.54) is 22.9 Å². The number of rotatable bonds is 7. The van der Waals surface area contributed by atoms with E-state index in [0.29, 0.717) is 32.4 Å². The van der Waals surface area contributed by atoms with E-state index in [4.69, 9.17) is 11.6 Å². The lowest BCUT2D eigenvalue weighted by molar-refractivity contribution is -0.116. The van der Waals surface area contributed by atoms with Crippen LogP contribution in [0, 0.1) is 6.92 Å². The van der Waals surface area contributed by atoms with E-state index in [-0.39, 0.29) is 16.2 Å². The molecule has 0 spiro atoms. The Bertz CT molecular complexity index is 1580. The zero-order chi connectivity index (χ0) is 24.6. The van der Waals surface area contributed by atoms with Crippen molar-refractivity contribution in [2.75, 3.05) is 18.1 Å². The number of nitrogens with one attached hydrogen (secondary N) is 1. The number of halogens is 2. The Kier molecular flexibility index (Phi) is 6.90. The summed E-state index contributed by atoms with van der Waals surface area (Å²) in [5.74, 6) is -0.283. The normalized spacial score (nSPS) is 11.6. The molecule has 0 bridgehead atoms. The highest BCUT2D eigenvalue weighted by Crippen LogP contribution is 2.27. The SMILES string of the molecule is CNc1cc2nc(C)n(-c3ccc(CC(=O)CS(=O)(=O)c4ccc(Cl)s4)cn3)c(=O)c2cc1Br. The van der Waals surface area contributed by atoms with Crippen LogP contribution in [0.5, 0.6) is 0 Å². The number of sulfone groups is 1. The topological polar surface area (TPSA) is 111 Å². The molecule has 3 aromatic heterocycles. The van der Waals surface area contributed by atoms with E-state index in [9.17, 15) is 18.0 Å². The van der Waals surface area contributed by atoms with Crippen LogP contribution in [0.2, 0.25) is 4.34 Å². The van der Waals surface area contributed by atoms with Gasteiger partial charge in [0, 0.05) is 24.1 Å². The molecule has 8 nitrogen and oxygen atoms in total. The second-order valence-corrected chi connectivity index (χ2v) is 12.2. The molecule has 176 valence electrons. The Morgan fingerprint density at radius 2 is 2.00 bits per heavy atom. The second-order valence-electron chi connectivity index (χ2n) is 7.46. The van der Waals surface area contributed by atoms with Crippen molar-refractivity contribution in [3.63, 3.8) is 0 Å². The van der Waals surface area contributed by atoms with Crippen LogP contribution >= 0.6 is 38.9 Å². The van der Waals surface area contributed by atoms with Gasteiger partial charge in [0.25, 0.3) is 5.56 Å². The number of nitrogens with zero attached hydrogens (tertiary/aromatic N) is 3. The number of fused-ring (bicyclic) bond motifs is 1. The highest BCUT2D eigenvalue weighted by atomic mass is 79.9. The summed E-state index contributed by atoms with van der Waals surface area (Å²) >= 11 is 10.2. The van der Waals surface area contributed by atoms with Gasteiger partial charge in [0.2, 0.25) is 0 Å². The van der Waals surface area contributed by atoms with Crippen molar-refractivity contribution < 1.29 is 13.2 Å². The predicted octanol–water partition coefficient (Wildman–Crippen LogP) is 4.19. The van der Waals surface area contributed by atoms with Crippen LogP contribution in [0.3, 0.4) is 0 Å². The number of hydrogen-bond acceptors (Lipinski definition) is 8. The van der Waals surface area contributed by atoms with Gasteiger partial charge in [0.05, 0.1) is 20.9 Å². The number of aryl methyl sites for hydroxylation is 1. The quantitative estimate of drug-likeness (QED) is 0.348. The lowest BCUT2D eigenvalue weighted by Gasteiger charge is -2.12. The average Bonchev–Trinajstić information content (AvgIpc) is 3.22. The van der Waals surface area contributed by atoms with Gasteiger partial charge in [-0.2, -0.15) is 0 Å². The van der Waals surface area contributed by atoms with Crippen LogP contribution in [0.15, 0.2) is 56.1 Å². The molecule has 12 heteroatoms. The summed E-state index contributed by atoms with van der Waals surface area (Å²) in [5.41, 5.74) is 1.63. The van der Waals surface area contributed by atoms with Crippen LogP contribution in [0.25, 0.3) is 16.7 Å². The van der Waals surface area contributed by atoms with Crippen molar-refractivity contribution in [2.45, 2.75) is 17.6 Å². The van der Waals surface area contributed by atoms with Gasteiger partial charge in [-0.1, -0.05) is 17.7 Å². The third kappa shape index (κ3) is 4.92. The number of carbonyl (C=O) groups is 1. The van der Waals surface area contributed by atoms with Crippen molar-refractivity contribution >= 4 is 71.1 Å². The van der Waals surface area contributed by atoms with Gasteiger partial charge in [-0.3, -0.25) is 9.59 Å². The van der Waals surface area contributed by atoms with Gasteiger partial charge >= 0.3 is 0 Å². The summed E-state index contributed by atoms with van der Waals surface area (Å²) in [5, 5.41) is 3.47. The first-order valence-electron chi connectivity index (χ1n) is 9.95. The number of pyridine rings is 1. The maximum Gasteiger partial charge on any atom is 0.267 e. The fourth-order valence-electron chi connectivity index (χ4n) is 3.46. The molecule has 3 heterocycles. The summed E-state index contributed by atoms with van der Waals surface area (Å²) in [6.07, 6.45) is 1.35. The molecule has 0 aliphatic heterocycles. The molecule has 4 rings (SSSR count). The fraction of sp³-hybridized carbons (Fsp3) is 0.182. The number of hydrogen-bond donors (Lipinski definition) is 1. The van der Waals surface area contributed by atoms with Crippen LogP contribution in [0.1, 0.15) is 11.4 Å². The Balaban J connectivity index is 1.58. The fourth-order valence-corrected chi connectivity index (χ4v) is 6.81. The van der Waals surface area contributed by atoms with Crippen molar-refractivity contribution in [1.29, 1.82) is 0 Å². The molecule has 0 unspecified atom stereocenters. The first-order valence-corrected chi connectivity index (χ1v) is 13.6. The van der Waals surface area contributed by atoms with Crippen molar-refractivity contribution in [3.05, 3.63) is 73.1 Å². The number of benzene rings is 1. The molecule has 0 saturated carbocycles. The molecule has 1 aromatic carbocycles. The van der Waals surface area contributed by atoms with Gasteiger partial charge in [-0.05, 0) is 58.7 Å². The Morgan fingerprint density at radius 1 is 1.24 bits per heavy atom. The number of anilines is 1. The highest BCUT2D eigenvalue weighted by Gasteiger charge is 2.21. The largest absolute Gasteiger partial charge is 0.387 e. The lowest BCUT2D eigenvalue weighted by Crippen LogP contribution is -2.23. The maximum absolute atomic E-state index is 13.2. The molecular weight excluding hydrogens is 564 g/mol. The van der Waals surface area contributed by atoms with Crippen LogP contribution < -0.4 is 10.9 Å². The van der Waals surface area contributed by atoms with E-state index in [1.54, 1.807) is 38.2 Å². The van der Waals surface area contributed by atoms with E-state index in [2.05, 4.69) is 31.2 Å². The number of Topliss-reactive ketones (excluding diaryl/α,β-unsaturated/α-hetero) is 1. The van der Waals surface area contributed by atoms with Crippen LogP contribution in [-0.2, 0) is 21.1 Å². The van der Waals surface area contributed by atoms with Gasteiger partial charge in [-0.25, -0.2) is 23.0 Å². The van der Waals surface area contributed by atoms with Crippen molar-refractivity contribution in [2.24, 2.45) is 0 Å². The minimum Gasteiger partial charge on any atom is -0.387 e. The van der Waals surface area contributed by atoms with Crippen LogP contribution in [-0.4, -0.2) is 41.5 Å². The molecule has 0 aliphatic rings. The third-order valence-corrected chi connectivity index (χ3v) is 9.18. The smallest absolute Gasteiger partial charge is 0.267 e. The second kappa shape index (κ2) is 9.57. The zero-order valence-corrected chi connectivity index (χ0v) is 22.0. The summed E-state index contributed by atoms with van der Waals surface area (Å²) < 4.78 is 27.3. The highest BCUT2D eigenvalue weighted by molar-refractivity contribution is 9.10. The van der Waals surface area contributed by atoms with Crippen molar-refractivity contribution in [1.82, 2.24) is 14.5 Å². The number of ketones is 1. The summed E-state index contributed by atoms with van der Waals surface area (Å²) in [4.78, 5) is 34.4. The van der Waals surface area contributed by atoms with Gasteiger partial charge in [0.1, 0.15) is 21.6 Å². The molecule has 0 atom stereocenters. The molecule has 0 fully saturated rings. The van der Waals surface area contributed by atoms with Gasteiger partial charge in [-0.15, -0.1) is 11.3 Å². The monoisotopic (exact) mass is 580 g/mol. The first kappa shape index (κ1) is 24.5. The third-order valence-electron chi connectivity index (χ3n) is 5.04. The Labute approximate surface area is 212 Å². The molecule has 4 aromatic rings. The Morgan fingerprint density at radius 3 is 2.62 bits per heavy atom. The average molecular weight is 582 g/mol.